The van der Waals surface area contributed by atoms with E-state index in [9.17, 15) is 13.6 Å². The van der Waals surface area contributed by atoms with Crippen molar-refractivity contribution in [1.82, 2.24) is 14.1 Å². The van der Waals surface area contributed by atoms with Gasteiger partial charge in [0, 0.05) is 11.9 Å². The maximum atomic E-state index is 14.1. The first-order valence-corrected chi connectivity index (χ1v) is 11.2. The second kappa shape index (κ2) is 8.20. The molecule has 172 valence electrons. The van der Waals surface area contributed by atoms with E-state index in [2.05, 4.69) is 50.0 Å². The van der Waals surface area contributed by atoms with Gasteiger partial charge in [0.15, 0.2) is 0 Å². The monoisotopic (exact) mass is 457 g/mol. The molecule has 2 aromatic heterocycles. The minimum atomic E-state index is -0.377. The van der Waals surface area contributed by atoms with Crippen molar-refractivity contribution in [3.63, 3.8) is 0 Å². The highest BCUT2D eigenvalue weighted by Gasteiger charge is 2.18. The molecule has 3 aromatic carbocycles. The molecule has 0 saturated heterocycles. The van der Waals surface area contributed by atoms with Crippen LogP contribution in [0, 0.1) is 11.6 Å². The first-order valence-electron chi connectivity index (χ1n) is 11.2. The van der Waals surface area contributed by atoms with Gasteiger partial charge in [-0.05, 0) is 52.4 Å². The lowest BCUT2D eigenvalue weighted by atomic mass is 9.87. The summed E-state index contributed by atoms with van der Waals surface area (Å²) in [6.45, 7) is 7.21. The van der Waals surface area contributed by atoms with Crippen molar-refractivity contribution in [3.8, 4) is 0 Å². The van der Waals surface area contributed by atoms with Gasteiger partial charge < -0.3 is 4.57 Å². The molecule has 5 aromatic rings. The fraction of sp³-hybridized carbons (Fsp3) is 0.214. The largest absolute Gasteiger partial charge is 0.330 e. The average Bonchev–Trinajstić information content (AvgIpc) is 3.10. The third-order valence-electron chi connectivity index (χ3n) is 6.22. The Morgan fingerprint density at radius 3 is 2.12 bits per heavy atom. The topological polar surface area (TPSA) is 39.8 Å². The lowest BCUT2D eigenvalue weighted by Gasteiger charge is -2.19. The Labute approximate surface area is 196 Å². The van der Waals surface area contributed by atoms with Gasteiger partial charge in [0.05, 0.1) is 18.4 Å². The lowest BCUT2D eigenvalue weighted by molar-refractivity contribution is 0.590. The van der Waals surface area contributed by atoms with Crippen molar-refractivity contribution in [2.45, 2.75) is 39.3 Å². The van der Waals surface area contributed by atoms with Crippen LogP contribution in [0.2, 0.25) is 0 Å². The maximum Gasteiger partial charge on any atom is 0.278 e. The number of hydrogen-bond acceptors (Lipinski definition) is 2. The molecular weight excluding hydrogens is 432 g/mol. The highest BCUT2D eigenvalue weighted by molar-refractivity contribution is 6.05. The van der Waals surface area contributed by atoms with Gasteiger partial charge in [-0.3, -0.25) is 9.36 Å². The van der Waals surface area contributed by atoms with E-state index in [0.29, 0.717) is 23.0 Å². The third-order valence-corrected chi connectivity index (χ3v) is 6.22. The fourth-order valence-electron chi connectivity index (χ4n) is 4.33. The first kappa shape index (κ1) is 22.0. The van der Waals surface area contributed by atoms with Crippen molar-refractivity contribution in [2.75, 3.05) is 0 Å². The molecule has 0 radical (unpaired) electrons. The van der Waals surface area contributed by atoms with Gasteiger partial charge in [-0.25, -0.2) is 13.8 Å². The Bertz CT molecular complexity index is 1560. The standard InChI is InChI=1S/C28H25F2N3O/c1-28(2,3)20-8-4-19(5-9-20)16-33-24-13-12-22(30)14-23(24)25-26(33)27(34)32(17-31-25)15-18-6-10-21(29)11-7-18/h4-14,17H,15-16H2,1-3H3. The summed E-state index contributed by atoms with van der Waals surface area (Å²) in [4.78, 5) is 18.1. The smallest absolute Gasteiger partial charge is 0.278 e. The van der Waals surface area contributed by atoms with E-state index in [1.807, 2.05) is 4.57 Å². The van der Waals surface area contributed by atoms with Gasteiger partial charge in [-0.15, -0.1) is 0 Å². The number of hydrogen-bond donors (Lipinski definition) is 0. The Morgan fingerprint density at radius 1 is 0.824 bits per heavy atom. The minimum Gasteiger partial charge on any atom is -0.330 e. The van der Waals surface area contributed by atoms with Crippen LogP contribution >= 0.6 is 0 Å². The zero-order valence-electron chi connectivity index (χ0n) is 19.3. The maximum absolute atomic E-state index is 14.1. The number of halogens is 2. The van der Waals surface area contributed by atoms with E-state index < -0.39 is 0 Å². The van der Waals surface area contributed by atoms with Gasteiger partial charge in [0.1, 0.15) is 22.7 Å². The van der Waals surface area contributed by atoms with Crippen LogP contribution in [0.3, 0.4) is 0 Å². The number of rotatable bonds is 4. The summed E-state index contributed by atoms with van der Waals surface area (Å²) >= 11 is 0. The second-order valence-corrected chi connectivity index (χ2v) is 9.70. The molecule has 0 N–H and O–H groups in total. The first-order chi connectivity index (χ1) is 16.2. The molecule has 0 bridgehead atoms. The molecule has 0 aliphatic carbocycles. The molecule has 0 spiro atoms. The number of fused-ring (bicyclic) bond motifs is 3. The summed E-state index contributed by atoms with van der Waals surface area (Å²) < 4.78 is 30.8. The summed E-state index contributed by atoms with van der Waals surface area (Å²) in [5.41, 5.74) is 4.51. The predicted octanol–water partition coefficient (Wildman–Crippen LogP) is 6.02. The Balaban J connectivity index is 1.65. The predicted molar refractivity (Wildman–Crippen MR) is 131 cm³/mol. The van der Waals surface area contributed by atoms with Crippen LogP contribution in [-0.4, -0.2) is 14.1 Å². The van der Waals surface area contributed by atoms with E-state index in [1.54, 1.807) is 18.2 Å². The van der Waals surface area contributed by atoms with Gasteiger partial charge in [-0.2, -0.15) is 0 Å². The Hall–Kier alpha value is -3.80. The van der Waals surface area contributed by atoms with Crippen molar-refractivity contribution in [3.05, 3.63) is 112 Å². The van der Waals surface area contributed by atoms with E-state index in [-0.39, 0.29) is 29.2 Å². The second-order valence-electron chi connectivity index (χ2n) is 9.70. The highest BCUT2D eigenvalue weighted by Crippen LogP contribution is 2.28. The van der Waals surface area contributed by atoms with Crippen LogP contribution in [0.15, 0.2) is 77.9 Å². The van der Waals surface area contributed by atoms with E-state index >= 15 is 0 Å². The summed E-state index contributed by atoms with van der Waals surface area (Å²) in [5, 5.41) is 0.604. The van der Waals surface area contributed by atoms with Crippen molar-refractivity contribution in [2.24, 2.45) is 0 Å². The molecule has 0 amide bonds. The number of nitrogens with zero attached hydrogens (tertiary/aromatic N) is 3. The number of benzene rings is 3. The van der Waals surface area contributed by atoms with E-state index in [4.69, 9.17) is 0 Å². The minimum absolute atomic E-state index is 0.0426. The van der Waals surface area contributed by atoms with Crippen molar-refractivity contribution in [1.29, 1.82) is 0 Å². The van der Waals surface area contributed by atoms with Gasteiger partial charge in [0.25, 0.3) is 5.56 Å². The van der Waals surface area contributed by atoms with Crippen LogP contribution in [-0.2, 0) is 18.5 Å². The molecule has 5 rings (SSSR count). The molecule has 0 aliphatic rings. The summed E-state index contributed by atoms with van der Waals surface area (Å²) in [7, 11) is 0. The SMILES string of the molecule is CC(C)(C)c1ccc(Cn2c3ccc(F)cc3c3ncn(Cc4ccc(F)cc4)c(=O)c32)cc1. The van der Waals surface area contributed by atoms with E-state index in [1.165, 1.54) is 40.7 Å². The van der Waals surface area contributed by atoms with Crippen LogP contribution in [0.5, 0.6) is 0 Å². The molecular formula is C28H25F2N3O. The molecule has 6 heteroatoms. The third kappa shape index (κ3) is 4.00. The van der Waals surface area contributed by atoms with Gasteiger partial charge >= 0.3 is 0 Å². The molecule has 0 aliphatic heterocycles. The summed E-state index contributed by atoms with van der Waals surface area (Å²) in [5.74, 6) is -0.706. The van der Waals surface area contributed by atoms with Crippen molar-refractivity contribution >= 4 is 21.9 Å². The van der Waals surface area contributed by atoms with Crippen LogP contribution in [0.4, 0.5) is 8.78 Å². The summed E-state index contributed by atoms with van der Waals surface area (Å²) in [6, 6.07) is 18.9. The van der Waals surface area contributed by atoms with Crippen LogP contribution in [0.1, 0.15) is 37.5 Å². The zero-order chi connectivity index (χ0) is 24.0. The Kier molecular flexibility index (Phi) is 5.31. The molecule has 0 unspecified atom stereocenters. The summed E-state index contributed by atoms with van der Waals surface area (Å²) in [6.07, 6.45) is 1.47. The normalized spacial score (nSPS) is 12.0. The quantitative estimate of drug-likeness (QED) is 0.331. The van der Waals surface area contributed by atoms with Crippen LogP contribution in [0.25, 0.3) is 21.9 Å². The van der Waals surface area contributed by atoms with Gasteiger partial charge in [0.2, 0.25) is 0 Å². The number of aromatic nitrogens is 3. The average molecular weight is 458 g/mol. The fourth-order valence-corrected chi connectivity index (χ4v) is 4.33. The molecule has 4 nitrogen and oxygen atoms in total. The van der Waals surface area contributed by atoms with Crippen LogP contribution < -0.4 is 5.56 Å². The molecule has 0 saturated carbocycles. The highest BCUT2D eigenvalue weighted by atomic mass is 19.1. The molecule has 0 atom stereocenters. The van der Waals surface area contributed by atoms with E-state index in [0.717, 1.165) is 16.6 Å². The molecule has 34 heavy (non-hydrogen) atoms. The zero-order valence-corrected chi connectivity index (χ0v) is 19.3. The molecule has 2 heterocycles. The van der Waals surface area contributed by atoms with Crippen molar-refractivity contribution < 1.29 is 8.78 Å². The van der Waals surface area contributed by atoms with Gasteiger partial charge in [-0.1, -0.05) is 57.2 Å². The Morgan fingerprint density at radius 2 is 1.44 bits per heavy atom. The lowest BCUT2D eigenvalue weighted by Crippen LogP contribution is -2.23. The molecule has 0 fully saturated rings.